The molecule has 0 aliphatic heterocycles. The Hall–Kier alpha value is -0.730. The molecule has 0 spiro atoms. The van der Waals surface area contributed by atoms with E-state index in [1.54, 1.807) is 0 Å². The fourth-order valence-electron chi connectivity index (χ4n) is 1.96. The van der Waals surface area contributed by atoms with Gasteiger partial charge in [-0.25, -0.2) is 0 Å². The van der Waals surface area contributed by atoms with Crippen molar-refractivity contribution in [2.75, 3.05) is 18.5 Å². The molecule has 1 rings (SSSR count). The van der Waals surface area contributed by atoms with E-state index in [1.807, 2.05) is 0 Å². The average molecular weight is 283 g/mol. The maximum Gasteiger partial charge on any atom is 0.0642 e. The topological polar surface area (TPSA) is 15.3 Å². The maximum absolute atomic E-state index is 6.40. The SMILES string of the molecule is CCC(C)N(C)c1ccc(CNCC(C)C)cc1Cl. The van der Waals surface area contributed by atoms with E-state index in [-0.39, 0.29) is 0 Å². The molecule has 1 aromatic rings. The molecule has 0 fully saturated rings. The number of hydrogen-bond acceptors (Lipinski definition) is 2. The molecule has 0 bridgehead atoms. The molecule has 1 atom stereocenters. The van der Waals surface area contributed by atoms with Gasteiger partial charge in [0.1, 0.15) is 0 Å². The lowest BCUT2D eigenvalue weighted by atomic mass is 10.1. The first kappa shape index (κ1) is 16.3. The summed E-state index contributed by atoms with van der Waals surface area (Å²) >= 11 is 6.40. The van der Waals surface area contributed by atoms with E-state index in [0.29, 0.717) is 12.0 Å². The largest absolute Gasteiger partial charge is 0.371 e. The van der Waals surface area contributed by atoms with Crippen LogP contribution in [0.5, 0.6) is 0 Å². The van der Waals surface area contributed by atoms with Crippen molar-refractivity contribution < 1.29 is 0 Å². The number of halogens is 1. The lowest BCUT2D eigenvalue weighted by molar-refractivity contribution is 0.552. The van der Waals surface area contributed by atoms with Crippen molar-refractivity contribution >= 4 is 17.3 Å². The second-order valence-electron chi connectivity index (χ2n) is 5.68. The van der Waals surface area contributed by atoms with Gasteiger partial charge in [-0.05, 0) is 43.5 Å². The lowest BCUT2D eigenvalue weighted by Gasteiger charge is -2.27. The molecule has 0 radical (unpaired) electrons. The van der Waals surface area contributed by atoms with E-state index in [1.165, 1.54) is 5.56 Å². The average Bonchev–Trinajstić information content (AvgIpc) is 2.36. The maximum atomic E-state index is 6.40. The first-order valence-electron chi connectivity index (χ1n) is 7.17. The molecule has 0 aliphatic rings. The Morgan fingerprint density at radius 3 is 2.47 bits per heavy atom. The normalized spacial score (nSPS) is 12.8. The molecule has 0 aromatic heterocycles. The van der Waals surface area contributed by atoms with Crippen molar-refractivity contribution in [1.82, 2.24) is 5.32 Å². The van der Waals surface area contributed by atoms with Crippen LogP contribution in [0, 0.1) is 5.92 Å². The van der Waals surface area contributed by atoms with Crippen LogP contribution in [-0.2, 0) is 6.54 Å². The zero-order chi connectivity index (χ0) is 14.4. The van der Waals surface area contributed by atoms with Crippen molar-refractivity contribution in [2.24, 2.45) is 5.92 Å². The van der Waals surface area contributed by atoms with Crippen LogP contribution in [0.3, 0.4) is 0 Å². The van der Waals surface area contributed by atoms with Gasteiger partial charge in [0.2, 0.25) is 0 Å². The first-order valence-corrected chi connectivity index (χ1v) is 7.55. The summed E-state index contributed by atoms with van der Waals surface area (Å²) in [6.45, 7) is 10.7. The smallest absolute Gasteiger partial charge is 0.0642 e. The van der Waals surface area contributed by atoms with Crippen LogP contribution in [0.25, 0.3) is 0 Å². The highest BCUT2D eigenvalue weighted by molar-refractivity contribution is 6.33. The Kier molecular flexibility index (Phi) is 6.67. The van der Waals surface area contributed by atoms with Gasteiger partial charge in [0.25, 0.3) is 0 Å². The standard InChI is InChI=1S/C16H27ClN2/c1-6-13(4)19(5)16-8-7-14(9-15(16)17)11-18-10-12(2)3/h7-9,12-13,18H,6,10-11H2,1-5H3. The molecular formula is C16H27ClN2. The van der Waals surface area contributed by atoms with Gasteiger partial charge >= 0.3 is 0 Å². The van der Waals surface area contributed by atoms with Gasteiger partial charge in [-0.2, -0.15) is 0 Å². The van der Waals surface area contributed by atoms with Crippen molar-refractivity contribution in [2.45, 2.75) is 46.7 Å². The minimum absolute atomic E-state index is 0.502. The second-order valence-corrected chi connectivity index (χ2v) is 6.09. The van der Waals surface area contributed by atoms with Crippen molar-refractivity contribution in [3.8, 4) is 0 Å². The number of rotatable bonds is 7. The molecule has 1 unspecified atom stereocenters. The number of anilines is 1. The summed E-state index contributed by atoms with van der Waals surface area (Å²) in [6.07, 6.45) is 1.12. The molecule has 0 saturated heterocycles. The van der Waals surface area contributed by atoms with E-state index < -0.39 is 0 Å². The van der Waals surface area contributed by atoms with Gasteiger partial charge in [-0.1, -0.05) is 38.4 Å². The molecule has 1 N–H and O–H groups in total. The van der Waals surface area contributed by atoms with Crippen LogP contribution in [0.4, 0.5) is 5.69 Å². The molecule has 0 aliphatic carbocycles. The lowest BCUT2D eigenvalue weighted by Crippen LogP contribution is -2.28. The van der Waals surface area contributed by atoms with Crippen LogP contribution in [0.15, 0.2) is 18.2 Å². The monoisotopic (exact) mass is 282 g/mol. The van der Waals surface area contributed by atoms with Crippen LogP contribution in [0.1, 0.15) is 39.7 Å². The number of nitrogens with one attached hydrogen (secondary N) is 1. The molecule has 0 heterocycles. The summed E-state index contributed by atoms with van der Waals surface area (Å²) in [4.78, 5) is 2.24. The van der Waals surface area contributed by atoms with Gasteiger partial charge in [0.15, 0.2) is 0 Å². The fraction of sp³-hybridized carbons (Fsp3) is 0.625. The summed E-state index contributed by atoms with van der Waals surface area (Å²) in [5, 5.41) is 4.28. The molecule has 0 amide bonds. The number of benzene rings is 1. The van der Waals surface area contributed by atoms with Crippen molar-refractivity contribution in [3.63, 3.8) is 0 Å². The molecule has 19 heavy (non-hydrogen) atoms. The van der Waals surface area contributed by atoms with Crippen LogP contribution >= 0.6 is 11.6 Å². The quantitative estimate of drug-likeness (QED) is 0.801. The first-order chi connectivity index (χ1) is 8.95. The second kappa shape index (κ2) is 7.76. The predicted octanol–water partition coefficient (Wildman–Crippen LogP) is 4.32. The minimum Gasteiger partial charge on any atom is -0.371 e. The highest BCUT2D eigenvalue weighted by atomic mass is 35.5. The van der Waals surface area contributed by atoms with Gasteiger partial charge < -0.3 is 10.2 Å². The third kappa shape index (κ3) is 5.04. The molecule has 2 nitrogen and oxygen atoms in total. The van der Waals surface area contributed by atoms with Crippen LogP contribution < -0.4 is 10.2 Å². The van der Waals surface area contributed by atoms with Crippen molar-refractivity contribution in [1.29, 1.82) is 0 Å². The number of nitrogens with zero attached hydrogens (tertiary/aromatic N) is 1. The number of hydrogen-bond donors (Lipinski definition) is 1. The molecular weight excluding hydrogens is 256 g/mol. The molecule has 3 heteroatoms. The Balaban J connectivity index is 2.69. The predicted molar refractivity (Wildman–Crippen MR) is 86.2 cm³/mol. The summed E-state index contributed by atoms with van der Waals surface area (Å²) in [6, 6.07) is 6.86. The van der Waals surface area contributed by atoms with Gasteiger partial charge in [0, 0.05) is 19.6 Å². The Morgan fingerprint density at radius 1 is 1.26 bits per heavy atom. The molecule has 108 valence electrons. The zero-order valence-corrected chi connectivity index (χ0v) is 13.6. The summed E-state index contributed by atoms with van der Waals surface area (Å²) in [5.74, 6) is 0.672. The highest BCUT2D eigenvalue weighted by Crippen LogP contribution is 2.27. The van der Waals surface area contributed by atoms with E-state index in [9.17, 15) is 0 Å². The van der Waals surface area contributed by atoms with E-state index in [0.717, 1.165) is 30.2 Å². The van der Waals surface area contributed by atoms with E-state index in [2.05, 4.69) is 63.2 Å². The van der Waals surface area contributed by atoms with E-state index in [4.69, 9.17) is 11.6 Å². The van der Waals surface area contributed by atoms with Gasteiger partial charge in [-0.3, -0.25) is 0 Å². The third-order valence-electron chi connectivity index (χ3n) is 3.53. The molecule has 0 saturated carbocycles. The molecule has 1 aromatic carbocycles. The third-order valence-corrected chi connectivity index (χ3v) is 3.83. The minimum atomic E-state index is 0.502. The Labute approximate surface area is 123 Å². The van der Waals surface area contributed by atoms with Crippen molar-refractivity contribution in [3.05, 3.63) is 28.8 Å². The summed E-state index contributed by atoms with van der Waals surface area (Å²) in [7, 11) is 2.10. The highest BCUT2D eigenvalue weighted by Gasteiger charge is 2.11. The fourth-order valence-corrected chi connectivity index (χ4v) is 2.30. The zero-order valence-electron chi connectivity index (χ0n) is 12.8. The summed E-state index contributed by atoms with van der Waals surface area (Å²) in [5.41, 5.74) is 2.36. The Morgan fingerprint density at radius 2 is 1.95 bits per heavy atom. The van der Waals surface area contributed by atoms with Gasteiger partial charge in [0.05, 0.1) is 10.7 Å². The van der Waals surface area contributed by atoms with Crippen LogP contribution in [0.2, 0.25) is 5.02 Å². The van der Waals surface area contributed by atoms with Crippen LogP contribution in [-0.4, -0.2) is 19.6 Å². The Bertz CT molecular complexity index is 390. The van der Waals surface area contributed by atoms with Gasteiger partial charge in [-0.15, -0.1) is 0 Å². The summed E-state index contributed by atoms with van der Waals surface area (Å²) < 4.78 is 0. The van der Waals surface area contributed by atoms with E-state index >= 15 is 0 Å².